The number of hydrogen-bond donors (Lipinski definition) is 0. The highest BCUT2D eigenvalue weighted by Gasteiger charge is 2.21. The first-order valence-electron chi connectivity index (χ1n) is 11.9. The van der Waals surface area contributed by atoms with Crippen molar-refractivity contribution in [2.75, 3.05) is 44.9 Å². The third-order valence-corrected chi connectivity index (χ3v) is 6.90. The van der Waals surface area contributed by atoms with Crippen molar-refractivity contribution in [1.29, 1.82) is 0 Å². The van der Waals surface area contributed by atoms with Crippen molar-refractivity contribution >= 4 is 33.3 Å². The van der Waals surface area contributed by atoms with E-state index in [4.69, 9.17) is 28.9 Å². The fourth-order valence-corrected chi connectivity index (χ4v) is 4.92. The molecule has 0 spiro atoms. The monoisotopic (exact) mass is 500 g/mol. The van der Waals surface area contributed by atoms with Crippen LogP contribution < -0.4 is 9.64 Å². The predicted octanol–water partition coefficient (Wildman–Crippen LogP) is 4.29. The SMILES string of the molecule is CCOC(=O)CN(C)c1nc(-c2cc(OCCOC3CCCCO3)ccn2)nc2sc(C)c(C)c12. The topological polar surface area (TPSA) is 95.9 Å². The number of carbonyl (C=O) groups is 1. The smallest absolute Gasteiger partial charge is 0.325 e. The van der Waals surface area contributed by atoms with Crippen molar-refractivity contribution in [3.63, 3.8) is 0 Å². The van der Waals surface area contributed by atoms with E-state index in [1.807, 2.05) is 20.0 Å². The van der Waals surface area contributed by atoms with Gasteiger partial charge in [0, 0.05) is 30.8 Å². The normalized spacial score (nSPS) is 15.8. The molecule has 0 N–H and O–H groups in total. The highest BCUT2D eigenvalue weighted by molar-refractivity contribution is 7.18. The van der Waals surface area contributed by atoms with Crippen LogP contribution in [0.15, 0.2) is 18.3 Å². The second-order valence-corrected chi connectivity index (χ2v) is 9.59. The minimum absolute atomic E-state index is 0.0923. The maximum Gasteiger partial charge on any atom is 0.325 e. The van der Waals surface area contributed by atoms with Crippen LogP contribution in [0.5, 0.6) is 5.75 Å². The minimum atomic E-state index is -0.303. The molecule has 0 aromatic carbocycles. The van der Waals surface area contributed by atoms with Gasteiger partial charge in [0.1, 0.15) is 35.2 Å². The van der Waals surface area contributed by atoms with Gasteiger partial charge in [0.25, 0.3) is 0 Å². The highest BCUT2D eigenvalue weighted by atomic mass is 32.1. The molecule has 1 aliphatic rings. The van der Waals surface area contributed by atoms with Crippen LogP contribution >= 0.6 is 11.3 Å². The van der Waals surface area contributed by atoms with E-state index in [1.165, 1.54) is 0 Å². The Morgan fingerprint density at radius 1 is 1.26 bits per heavy atom. The van der Waals surface area contributed by atoms with Crippen LogP contribution in [0.25, 0.3) is 21.7 Å². The molecule has 1 fully saturated rings. The fourth-order valence-electron chi connectivity index (χ4n) is 3.90. The number of carbonyl (C=O) groups excluding carboxylic acids is 1. The zero-order chi connectivity index (χ0) is 24.8. The number of aryl methyl sites for hydroxylation is 2. The summed E-state index contributed by atoms with van der Waals surface area (Å²) in [5.41, 5.74) is 1.70. The summed E-state index contributed by atoms with van der Waals surface area (Å²) in [5, 5.41) is 0.942. The summed E-state index contributed by atoms with van der Waals surface area (Å²) in [6, 6.07) is 3.62. The van der Waals surface area contributed by atoms with E-state index in [1.54, 1.807) is 35.4 Å². The first-order chi connectivity index (χ1) is 17.0. The molecule has 0 aliphatic carbocycles. The molecule has 0 radical (unpaired) electrons. The molecule has 1 saturated heterocycles. The molecule has 10 heteroatoms. The lowest BCUT2D eigenvalue weighted by molar-refractivity contribution is -0.165. The standard InChI is InChI=1S/C25H32N4O5S/c1-5-31-20(30)15-29(4)24-22-16(2)17(3)35-25(22)28-23(27-24)19-14-18(9-10-26-19)32-12-13-34-21-8-6-7-11-33-21/h9-10,14,21H,5-8,11-13,15H2,1-4H3. The lowest BCUT2D eigenvalue weighted by Gasteiger charge is -2.22. The van der Waals surface area contributed by atoms with E-state index in [-0.39, 0.29) is 18.8 Å². The molecule has 188 valence electrons. The Hall–Kier alpha value is -2.82. The third-order valence-electron chi connectivity index (χ3n) is 5.80. The van der Waals surface area contributed by atoms with E-state index >= 15 is 0 Å². The molecule has 0 amide bonds. The molecule has 3 aromatic heterocycles. The number of ether oxygens (including phenoxy) is 4. The first kappa shape index (κ1) is 25.3. The number of thiophene rings is 1. The summed E-state index contributed by atoms with van der Waals surface area (Å²) in [5.74, 6) is 1.50. The molecule has 0 saturated carbocycles. The van der Waals surface area contributed by atoms with E-state index < -0.39 is 0 Å². The zero-order valence-electron chi connectivity index (χ0n) is 20.7. The quantitative estimate of drug-likeness (QED) is 0.298. The maximum atomic E-state index is 12.1. The Morgan fingerprint density at radius 2 is 2.11 bits per heavy atom. The summed E-state index contributed by atoms with van der Waals surface area (Å²) < 4.78 is 22.3. The van der Waals surface area contributed by atoms with Gasteiger partial charge in [-0.25, -0.2) is 9.97 Å². The van der Waals surface area contributed by atoms with Crippen molar-refractivity contribution in [3.05, 3.63) is 28.8 Å². The second-order valence-electron chi connectivity index (χ2n) is 8.39. The van der Waals surface area contributed by atoms with Gasteiger partial charge in [-0.1, -0.05) is 0 Å². The Labute approximate surface area is 209 Å². The summed E-state index contributed by atoms with van der Waals surface area (Å²) in [4.78, 5) is 30.0. The van der Waals surface area contributed by atoms with Crippen LogP contribution in [0.4, 0.5) is 5.82 Å². The summed E-state index contributed by atoms with van der Waals surface area (Å²) in [6.45, 7) is 7.93. The van der Waals surface area contributed by atoms with Gasteiger partial charge in [0.2, 0.25) is 0 Å². The Kier molecular flexibility index (Phi) is 8.48. The van der Waals surface area contributed by atoms with Gasteiger partial charge in [-0.3, -0.25) is 9.78 Å². The Morgan fingerprint density at radius 3 is 2.89 bits per heavy atom. The molecular weight excluding hydrogens is 468 g/mol. The van der Waals surface area contributed by atoms with Gasteiger partial charge in [-0.2, -0.15) is 0 Å². The number of likely N-dealkylation sites (N-methyl/N-ethyl adjacent to an activating group) is 1. The largest absolute Gasteiger partial charge is 0.491 e. The minimum Gasteiger partial charge on any atom is -0.491 e. The molecular formula is C25H32N4O5S. The van der Waals surface area contributed by atoms with Crippen molar-refractivity contribution in [2.45, 2.75) is 46.3 Å². The van der Waals surface area contributed by atoms with Gasteiger partial charge in [0.15, 0.2) is 12.1 Å². The summed E-state index contributed by atoms with van der Waals surface area (Å²) in [6.07, 6.45) is 4.69. The average molecular weight is 501 g/mol. The van der Waals surface area contributed by atoms with E-state index in [0.717, 1.165) is 46.5 Å². The van der Waals surface area contributed by atoms with Crippen LogP contribution in [0.2, 0.25) is 0 Å². The number of aromatic nitrogens is 3. The van der Waals surface area contributed by atoms with Crippen molar-refractivity contribution < 1.29 is 23.7 Å². The van der Waals surface area contributed by atoms with E-state index in [2.05, 4.69) is 11.9 Å². The molecule has 1 atom stereocenters. The molecule has 1 unspecified atom stereocenters. The molecule has 0 bridgehead atoms. The van der Waals surface area contributed by atoms with Gasteiger partial charge in [0.05, 0.1) is 18.6 Å². The average Bonchev–Trinajstić information content (AvgIpc) is 3.15. The Balaban J connectivity index is 1.53. The third kappa shape index (κ3) is 6.25. The first-order valence-corrected chi connectivity index (χ1v) is 12.7. The molecule has 3 aromatic rings. The number of nitrogens with zero attached hydrogens (tertiary/aromatic N) is 4. The van der Waals surface area contributed by atoms with Gasteiger partial charge in [-0.15, -0.1) is 11.3 Å². The number of hydrogen-bond acceptors (Lipinski definition) is 10. The zero-order valence-corrected chi connectivity index (χ0v) is 21.5. The predicted molar refractivity (Wildman–Crippen MR) is 135 cm³/mol. The van der Waals surface area contributed by atoms with Crippen molar-refractivity contribution in [3.8, 4) is 17.3 Å². The lowest BCUT2D eigenvalue weighted by atomic mass is 10.2. The van der Waals surface area contributed by atoms with Crippen LogP contribution in [0.1, 0.15) is 36.6 Å². The molecule has 35 heavy (non-hydrogen) atoms. The van der Waals surface area contributed by atoms with E-state index in [0.29, 0.717) is 42.9 Å². The van der Waals surface area contributed by atoms with Gasteiger partial charge >= 0.3 is 5.97 Å². The number of fused-ring (bicyclic) bond motifs is 1. The van der Waals surface area contributed by atoms with Gasteiger partial charge < -0.3 is 23.8 Å². The highest BCUT2D eigenvalue weighted by Crippen LogP contribution is 2.36. The number of esters is 1. The number of rotatable bonds is 10. The molecule has 1 aliphatic heterocycles. The van der Waals surface area contributed by atoms with Crippen molar-refractivity contribution in [2.24, 2.45) is 0 Å². The van der Waals surface area contributed by atoms with Crippen LogP contribution in [-0.4, -0.2) is 67.2 Å². The van der Waals surface area contributed by atoms with Crippen molar-refractivity contribution in [1.82, 2.24) is 15.0 Å². The van der Waals surface area contributed by atoms with Crippen LogP contribution in [0.3, 0.4) is 0 Å². The number of anilines is 1. The fraction of sp³-hybridized carbons (Fsp3) is 0.520. The number of pyridine rings is 1. The molecule has 4 rings (SSSR count). The summed E-state index contributed by atoms with van der Waals surface area (Å²) >= 11 is 1.60. The maximum absolute atomic E-state index is 12.1. The second kappa shape index (κ2) is 11.7. The van der Waals surface area contributed by atoms with Gasteiger partial charge in [-0.05, 0) is 51.7 Å². The summed E-state index contributed by atoms with van der Waals surface area (Å²) in [7, 11) is 1.83. The molecule has 4 heterocycles. The van der Waals surface area contributed by atoms with E-state index in [9.17, 15) is 4.79 Å². The van der Waals surface area contributed by atoms with Crippen LogP contribution in [-0.2, 0) is 19.0 Å². The lowest BCUT2D eigenvalue weighted by Crippen LogP contribution is -2.28. The van der Waals surface area contributed by atoms with Crippen LogP contribution in [0, 0.1) is 13.8 Å². The molecule has 9 nitrogen and oxygen atoms in total. The Bertz CT molecular complexity index is 1160.